The third-order valence-electron chi connectivity index (χ3n) is 10.9. The third-order valence-corrected chi connectivity index (χ3v) is 11.2. The molecule has 4 heteroatoms. The molecule has 1 unspecified atom stereocenters. The van der Waals surface area contributed by atoms with Crippen LogP contribution in [0.1, 0.15) is 84.6 Å². The van der Waals surface area contributed by atoms with E-state index in [0.717, 1.165) is 31.2 Å². The molecule has 4 aliphatic carbocycles. The van der Waals surface area contributed by atoms with Crippen LogP contribution in [0.5, 0.6) is 0 Å². The van der Waals surface area contributed by atoms with Crippen molar-refractivity contribution in [2.75, 3.05) is 0 Å². The molecule has 0 amide bonds. The Labute approximate surface area is 203 Å². The average molecular weight is 471 g/mol. The summed E-state index contributed by atoms with van der Waals surface area (Å²) < 4.78 is 6.10. The first kappa shape index (κ1) is 23.6. The average Bonchev–Trinajstić information content (AvgIpc) is 3.06. The van der Waals surface area contributed by atoms with Gasteiger partial charge in [-0.3, -0.25) is 4.79 Å². The van der Waals surface area contributed by atoms with E-state index in [1.165, 1.54) is 18.4 Å². The molecule has 3 fully saturated rings. The van der Waals surface area contributed by atoms with Gasteiger partial charge in [0.1, 0.15) is 5.78 Å². The lowest BCUT2D eigenvalue weighted by molar-refractivity contribution is -0.231. The van der Waals surface area contributed by atoms with Crippen LogP contribution in [0.15, 0.2) is 35.9 Å². The van der Waals surface area contributed by atoms with Gasteiger partial charge in [0.05, 0.1) is 6.61 Å². The molecule has 0 aromatic heterocycles. The number of benzene rings is 1. The molecule has 3 saturated carbocycles. The van der Waals surface area contributed by atoms with Gasteiger partial charge in [0.15, 0.2) is 5.79 Å². The van der Waals surface area contributed by atoms with Crippen molar-refractivity contribution < 1.29 is 14.6 Å². The van der Waals surface area contributed by atoms with Gasteiger partial charge in [0.2, 0.25) is 0 Å². The maximum absolute atomic E-state index is 12.7. The summed E-state index contributed by atoms with van der Waals surface area (Å²) in [5, 5.41) is 12.0. The van der Waals surface area contributed by atoms with Gasteiger partial charge in [0, 0.05) is 23.3 Å². The number of aliphatic hydroxyl groups is 1. The number of ether oxygens (including phenoxy) is 1. The quantitative estimate of drug-likeness (QED) is 0.377. The molecule has 0 saturated heterocycles. The Morgan fingerprint density at radius 1 is 1.06 bits per heavy atom. The summed E-state index contributed by atoms with van der Waals surface area (Å²) >= 11 is 5.99. The molecule has 3 nitrogen and oxygen atoms in total. The van der Waals surface area contributed by atoms with E-state index in [9.17, 15) is 9.90 Å². The lowest BCUT2D eigenvalue weighted by Crippen LogP contribution is -2.54. The van der Waals surface area contributed by atoms with Gasteiger partial charge in [-0.1, -0.05) is 56.2 Å². The number of allylic oxidation sites excluding steroid dienone is 1. The molecule has 0 spiro atoms. The van der Waals surface area contributed by atoms with Crippen molar-refractivity contribution >= 4 is 17.4 Å². The maximum atomic E-state index is 12.7. The van der Waals surface area contributed by atoms with Crippen molar-refractivity contribution in [3.05, 3.63) is 46.5 Å². The van der Waals surface area contributed by atoms with E-state index in [1.807, 2.05) is 31.2 Å². The fraction of sp³-hybridized carbons (Fsp3) is 0.690. The Hall–Kier alpha value is -1.16. The van der Waals surface area contributed by atoms with Crippen molar-refractivity contribution in [3.8, 4) is 0 Å². The van der Waals surface area contributed by atoms with E-state index >= 15 is 0 Å². The molecular formula is C29H39ClO3. The summed E-state index contributed by atoms with van der Waals surface area (Å²) in [6.07, 6.45) is 10.3. The Morgan fingerprint density at radius 2 is 1.76 bits per heavy atom. The largest absolute Gasteiger partial charge is 0.365 e. The first-order valence-electron chi connectivity index (χ1n) is 12.8. The van der Waals surface area contributed by atoms with Crippen LogP contribution in [0.4, 0.5) is 0 Å². The minimum Gasteiger partial charge on any atom is -0.365 e. The van der Waals surface area contributed by atoms with Gasteiger partial charge in [-0.15, -0.1) is 0 Å². The fourth-order valence-corrected chi connectivity index (χ4v) is 8.51. The zero-order valence-corrected chi connectivity index (χ0v) is 21.4. The Balaban J connectivity index is 1.34. The van der Waals surface area contributed by atoms with Crippen LogP contribution < -0.4 is 0 Å². The summed E-state index contributed by atoms with van der Waals surface area (Å²) in [6.45, 7) is 9.30. The number of carbonyl (C=O) groups excluding carboxylic acids is 1. The topological polar surface area (TPSA) is 46.5 Å². The summed E-state index contributed by atoms with van der Waals surface area (Å²) in [5.74, 6) is 1.21. The number of carbonyl (C=O) groups is 1. The number of rotatable bonds is 4. The van der Waals surface area contributed by atoms with E-state index in [2.05, 4.69) is 26.8 Å². The zero-order valence-electron chi connectivity index (χ0n) is 20.6. The molecule has 0 bridgehead atoms. The molecular weight excluding hydrogens is 432 g/mol. The molecule has 0 radical (unpaired) electrons. The van der Waals surface area contributed by atoms with E-state index in [4.69, 9.17) is 16.3 Å². The van der Waals surface area contributed by atoms with Crippen molar-refractivity contribution in [1.29, 1.82) is 0 Å². The van der Waals surface area contributed by atoms with Gasteiger partial charge in [-0.2, -0.15) is 0 Å². The number of fused-ring (bicyclic) bond motifs is 5. The van der Waals surface area contributed by atoms with Crippen LogP contribution in [0.25, 0.3) is 0 Å². The van der Waals surface area contributed by atoms with Crippen LogP contribution in [-0.2, 0) is 16.1 Å². The van der Waals surface area contributed by atoms with E-state index in [0.29, 0.717) is 48.0 Å². The second-order valence-corrected chi connectivity index (χ2v) is 12.6. The maximum Gasteiger partial charge on any atom is 0.169 e. The second kappa shape index (κ2) is 7.93. The monoisotopic (exact) mass is 470 g/mol. The SMILES string of the molecule is CC(=O)[C@@]1(C)CC[C@H]2[C@@H]3CC=C4CC(O)(OCc5ccc(Cl)cc5)CC[C@]4(C)[C@H]3CC[C@@]21C. The molecule has 0 aliphatic heterocycles. The highest BCUT2D eigenvalue weighted by molar-refractivity contribution is 6.30. The molecule has 4 aliphatic rings. The van der Waals surface area contributed by atoms with Crippen LogP contribution in [-0.4, -0.2) is 16.7 Å². The number of Topliss-reactive ketones (excluding diaryl/α,β-unsaturated/α-hetero) is 1. The number of ketones is 1. The van der Waals surface area contributed by atoms with E-state index in [-0.39, 0.29) is 16.2 Å². The van der Waals surface area contributed by atoms with Crippen molar-refractivity contribution in [1.82, 2.24) is 0 Å². The van der Waals surface area contributed by atoms with Crippen LogP contribution in [0.3, 0.4) is 0 Å². The fourth-order valence-electron chi connectivity index (χ4n) is 8.39. The van der Waals surface area contributed by atoms with E-state index in [1.54, 1.807) is 0 Å². The van der Waals surface area contributed by atoms with Gasteiger partial charge in [-0.05, 0) is 91.7 Å². The predicted octanol–water partition coefficient (Wildman–Crippen LogP) is 7.10. The van der Waals surface area contributed by atoms with Crippen molar-refractivity contribution in [2.45, 2.75) is 91.5 Å². The molecule has 5 rings (SSSR count). The Morgan fingerprint density at radius 3 is 2.45 bits per heavy atom. The van der Waals surface area contributed by atoms with Gasteiger partial charge >= 0.3 is 0 Å². The first-order valence-corrected chi connectivity index (χ1v) is 13.2. The van der Waals surface area contributed by atoms with Gasteiger partial charge in [0.25, 0.3) is 0 Å². The molecule has 0 heterocycles. The minimum atomic E-state index is -1.10. The standard InChI is InChI=1S/C29H39ClO3/c1-19(31)27(3)13-12-25-23-10-7-21-17-29(32,33-18-20-5-8-22(30)9-6-20)16-15-26(21,2)24(23)11-14-28(25,27)4/h5-9,23-25,32H,10-18H2,1-4H3/t23-,24+,25+,26+,27-,28+,29?/m1/s1. The molecule has 180 valence electrons. The number of hydrogen-bond donors (Lipinski definition) is 1. The predicted molar refractivity (Wildman–Crippen MR) is 132 cm³/mol. The van der Waals surface area contributed by atoms with E-state index < -0.39 is 5.79 Å². The van der Waals surface area contributed by atoms with Crippen LogP contribution in [0, 0.1) is 34.0 Å². The number of halogens is 1. The molecule has 1 aromatic carbocycles. The summed E-state index contributed by atoms with van der Waals surface area (Å²) in [4.78, 5) is 12.7. The summed E-state index contributed by atoms with van der Waals surface area (Å²) in [5.41, 5.74) is 2.51. The highest BCUT2D eigenvalue weighted by Crippen LogP contribution is 2.70. The molecule has 1 aromatic rings. The lowest BCUT2D eigenvalue weighted by atomic mass is 9.45. The second-order valence-electron chi connectivity index (χ2n) is 12.2. The normalized spacial score (nSPS) is 44.4. The smallest absolute Gasteiger partial charge is 0.169 e. The highest BCUT2D eigenvalue weighted by atomic mass is 35.5. The molecule has 1 N–H and O–H groups in total. The Kier molecular flexibility index (Phi) is 5.67. The molecule has 7 atom stereocenters. The summed E-state index contributed by atoms with van der Waals surface area (Å²) in [7, 11) is 0. The Bertz CT molecular complexity index is 970. The minimum absolute atomic E-state index is 0.124. The zero-order chi connectivity index (χ0) is 23.6. The van der Waals surface area contributed by atoms with Crippen molar-refractivity contribution in [3.63, 3.8) is 0 Å². The van der Waals surface area contributed by atoms with Crippen molar-refractivity contribution in [2.24, 2.45) is 34.0 Å². The number of hydrogen-bond acceptors (Lipinski definition) is 3. The van der Waals surface area contributed by atoms with Crippen LogP contribution in [0.2, 0.25) is 5.02 Å². The summed E-state index contributed by atoms with van der Waals surface area (Å²) in [6, 6.07) is 7.64. The lowest BCUT2D eigenvalue weighted by Gasteiger charge is -2.60. The first-order chi connectivity index (χ1) is 15.5. The third kappa shape index (κ3) is 3.56. The molecule has 33 heavy (non-hydrogen) atoms. The van der Waals surface area contributed by atoms with Gasteiger partial charge in [-0.25, -0.2) is 0 Å². The van der Waals surface area contributed by atoms with Gasteiger partial charge < -0.3 is 9.84 Å². The highest BCUT2D eigenvalue weighted by Gasteiger charge is 2.64. The van der Waals surface area contributed by atoms with Crippen LogP contribution >= 0.6 is 11.6 Å².